The summed E-state index contributed by atoms with van der Waals surface area (Å²) in [6.45, 7) is 5.78. The van der Waals surface area contributed by atoms with Gasteiger partial charge in [-0.15, -0.1) is 5.10 Å². The predicted molar refractivity (Wildman–Crippen MR) is 77.1 cm³/mol. The van der Waals surface area contributed by atoms with E-state index < -0.39 is 0 Å². The van der Waals surface area contributed by atoms with Gasteiger partial charge in [-0.2, -0.15) is 0 Å². The van der Waals surface area contributed by atoms with Crippen molar-refractivity contribution >= 4 is 11.6 Å². The molecular weight excluding hydrogens is 256 g/mol. The molecule has 2 aromatic heterocycles. The minimum absolute atomic E-state index is 0.278. The van der Waals surface area contributed by atoms with E-state index in [-0.39, 0.29) is 5.92 Å². The summed E-state index contributed by atoms with van der Waals surface area (Å²) in [5.74, 6) is 7.25. The quantitative estimate of drug-likeness (QED) is 0.393. The third-order valence-corrected chi connectivity index (χ3v) is 2.93. The van der Waals surface area contributed by atoms with E-state index >= 15 is 0 Å². The Labute approximate surface area is 117 Å². The molecule has 20 heavy (non-hydrogen) atoms. The maximum Gasteiger partial charge on any atom is 0.148 e. The van der Waals surface area contributed by atoms with Gasteiger partial charge in [-0.3, -0.25) is 4.68 Å². The summed E-state index contributed by atoms with van der Waals surface area (Å²) >= 11 is 0. The normalized spacial score (nSPS) is 10.8. The molecule has 2 heterocycles. The third kappa shape index (κ3) is 3.41. The second-order valence-corrected chi connectivity index (χ2v) is 4.73. The minimum atomic E-state index is 0.278. The highest BCUT2D eigenvalue weighted by atomic mass is 15.4. The SMILES string of the molecule is CC(C)c1c(NN)ncnc1NCCCn1ccnn1. The molecule has 0 bridgehead atoms. The molecular formula is C12H20N8. The van der Waals surface area contributed by atoms with Gasteiger partial charge >= 0.3 is 0 Å². The fourth-order valence-corrected chi connectivity index (χ4v) is 2.00. The topological polar surface area (TPSA) is 107 Å². The number of aryl methyl sites for hydroxylation is 1. The molecule has 108 valence electrons. The lowest BCUT2D eigenvalue weighted by molar-refractivity contribution is 0.569. The number of hydrogen-bond acceptors (Lipinski definition) is 7. The maximum atomic E-state index is 5.49. The molecule has 0 aliphatic rings. The lowest BCUT2D eigenvalue weighted by Gasteiger charge is -2.16. The first-order valence-corrected chi connectivity index (χ1v) is 6.62. The highest BCUT2D eigenvalue weighted by molar-refractivity contribution is 5.58. The van der Waals surface area contributed by atoms with Gasteiger partial charge in [0.1, 0.15) is 18.0 Å². The van der Waals surface area contributed by atoms with Crippen LogP contribution in [0.5, 0.6) is 0 Å². The van der Waals surface area contributed by atoms with Gasteiger partial charge < -0.3 is 10.7 Å². The van der Waals surface area contributed by atoms with Crippen molar-refractivity contribution in [3.05, 3.63) is 24.3 Å². The molecule has 0 unspecified atom stereocenters. The van der Waals surface area contributed by atoms with Crippen molar-refractivity contribution in [3.8, 4) is 0 Å². The van der Waals surface area contributed by atoms with E-state index in [0.29, 0.717) is 5.82 Å². The van der Waals surface area contributed by atoms with Crippen molar-refractivity contribution < 1.29 is 0 Å². The maximum absolute atomic E-state index is 5.49. The molecule has 0 aliphatic carbocycles. The van der Waals surface area contributed by atoms with Gasteiger partial charge in [-0.05, 0) is 12.3 Å². The average molecular weight is 276 g/mol. The third-order valence-electron chi connectivity index (χ3n) is 2.93. The number of hydrogen-bond donors (Lipinski definition) is 3. The number of anilines is 2. The van der Waals surface area contributed by atoms with E-state index in [1.54, 1.807) is 10.9 Å². The zero-order valence-electron chi connectivity index (χ0n) is 11.7. The molecule has 0 saturated carbocycles. The molecule has 8 nitrogen and oxygen atoms in total. The molecule has 0 aliphatic heterocycles. The second kappa shape index (κ2) is 6.80. The summed E-state index contributed by atoms with van der Waals surface area (Å²) in [4.78, 5) is 8.43. The molecule has 0 aromatic carbocycles. The Morgan fingerprint density at radius 3 is 2.75 bits per heavy atom. The minimum Gasteiger partial charge on any atom is -0.370 e. The van der Waals surface area contributed by atoms with Crippen LogP contribution >= 0.6 is 0 Å². The van der Waals surface area contributed by atoms with Gasteiger partial charge in [0, 0.05) is 24.8 Å². The predicted octanol–water partition coefficient (Wildman–Crippen LogP) is 0.979. The number of nitrogens with two attached hydrogens (primary N) is 1. The van der Waals surface area contributed by atoms with Crippen molar-refractivity contribution in [3.63, 3.8) is 0 Å². The van der Waals surface area contributed by atoms with Crippen LogP contribution in [-0.2, 0) is 6.54 Å². The van der Waals surface area contributed by atoms with Crippen LogP contribution in [0, 0.1) is 0 Å². The largest absolute Gasteiger partial charge is 0.370 e. The van der Waals surface area contributed by atoms with Gasteiger partial charge in [-0.1, -0.05) is 19.1 Å². The van der Waals surface area contributed by atoms with Crippen LogP contribution in [0.3, 0.4) is 0 Å². The fourth-order valence-electron chi connectivity index (χ4n) is 2.00. The van der Waals surface area contributed by atoms with Crippen molar-refractivity contribution in [2.75, 3.05) is 17.3 Å². The summed E-state index contributed by atoms with van der Waals surface area (Å²) in [6, 6.07) is 0. The lowest BCUT2D eigenvalue weighted by Crippen LogP contribution is -2.16. The molecule has 0 fully saturated rings. The molecule has 0 radical (unpaired) electrons. The Bertz CT molecular complexity index is 522. The first-order valence-electron chi connectivity index (χ1n) is 6.62. The zero-order valence-corrected chi connectivity index (χ0v) is 11.7. The molecule has 0 atom stereocenters. The molecule has 2 rings (SSSR count). The number of nitrogens with one attached hydrogen (secondary N) is 2. The molecule has 0 spiro atoms. The fraction of sp³-hybridized carbons (Fsp3) is 0.500. The molecule has 2 aromatic rings. The first-order chi connectivity index (χ1) is 9.72. The zero-order chi connectivity index (χ0) is 14.4. The van der Waals surface area contributed by atoms with Crippen molar-refractivity contribution in [2.45, 2.75) is 32.7 Å². The molecule has 0 amide bonds. The smallest absolute Gasteiger partial charge is 0.148 e. The van der Waals surface area contributed by atoms with Crippen LogP contribution in [0.15, 0.2) is 18.7 Å². The Morgan fingerprint density at radius 1 is 1.30 bits per heavy atom. The van der Waals surface area contributed by atoms with Gasteiger partial charge in [0.25, 0.3) is 0 Å². The molecule has 4 N–H and O–H groups in total. The van der Waals surface area contributed by atoms with Crippen LogP contribution in [0.1, 0.15) is 31.7 Å². The number of nitrogen functional groups attached to an aromatic ring is 1. The standard InChI is InChI=1S/C12H20N8/c1-9(2)10-11(15-8-16-12(10)18-13)14-4-3-6-20-7-5-17-19-20/h5,7-9H,3-4,6,13H2,1-2H3,(H2,14,15,16,18). The summed E-state index contributed by atoms with van der Waals surface area (Å²) in [5, 5.41) is 11.0. The van der Waals surface area contributed by atoms with E-state index in [9.17, 15) is 0 Å². The summed E-state index contributed by atoms with van der Waals surface area (Å²) < 4.78 is 1.80. The lowest BCUT2D eigenvalue weighted by atomic mass is 10.0. The van der Waals surface area contributed by atoms with Gasteiger partial charge in [0.05, 0.1) is 6.20 Å². The summed E-state index contributed by atoms with van der Waals surface area (Å²) in [5.41, 5.74) is 3.61. The van der Waals surface area contributed by atoms with Crippen molar-refractivity contribution in [2.24, 2.45) is 5.84 Å². The first kappa shape index (κ1) is 14.2. The second-order valence-electron chi connectivity index (χ2n) is 4.73. The number of nitrogens with zero attached hydrogens (tertiary/aromatic N) is 5. The Balaban J connectivity index is 1.95. The Kier molecular flexibility index (Phi) is 4.83. The van der Waals surface area contributed by atoms with E-state index in [1.165, 1.54) is 6.33 Å². The van der Waals surface area contributed by atoms with Crippen LogP contribution in [0.2, 0.25) is 0 Å². The van der Waals surface area contributed by atoms with E-state index in [1.807, 2.05) is 6.20 Å². The Morgan fingerprint density at radius 2 is 2.10 bits per heavy atom. The highest BCUT2D eigenvalue weighted by Gasteiger charge is 2.13. The summed E-state index contributed by atoms with van der Waals surface area (Å²) in [6.07, 6.45) is 5.95. The van der Waals surface area contributed by atoms with Crippen LogP contribution in [0.25, 0.3) is 0 Å². The van der Waals surface area contributed by atoms with Crippen LogP contribution in [0.4, 0.5) is 11.6 Å². The highest BCUT2D eigenvalue weighted by Crippen LogP contribution is 2.27. The van der Waals surface area contributed by atoms with Gasteiger partial charge in [0.15, 0.2) is 0 Å². The molecule has 8 heteroatoms. The Hall–Kier alpha value is -2.22. The number of rotatable bonds is 7. The molecule has 0 saturated heterocycles. The van der Waals surface area contributed by atoms with Gasteiger partial charge in [-0.25, -0.2) is 15.8 Å². The summed E-state index contributed by atoms with van der Waals surface area (Å²) in [7, 11) is 0. The van der Waals surface area contributed by atoms with E-state index in [2.05, 4.69) is 44.9 Å². The van der Waals surface area contributed by atoms with E-state index in [4.69, 9.17) is 5.84 Å². The number of aromatic nitrogens is 5. The van der Waals surface area contributed by atoms with Crippen molar-refractivity contribution in [1.29, 1.82) is 0 Å². The average Bonchev–Trinajstić information content (AvgIpc) is 2.96. The van der Waals surface area contributed by atoms with Crippen molar-refractivity contribution in [1.82, 2.24) is 25.0 Å². The number of hydrazine groups is 1. The van der Waals surface area contributed by atoms with Gasteiger partial charge in [0.2, 0.25) is 0 Å². The monoisotopic (exact) mass is 276 g/mol. The van der Waals surface area contributed by atoms with E-state index in [0.717, 1.165) is 30.9 Å². The van der Waals surface area contributed by atoms with Crippen LogP contribution in [-0.4, -0.2) is 31.5 Å². The van der Waals surface area contributed by atoms with Crippen LogP contribution < -0.4 is 16.6 Å².